The van der Waals surface area contributed by atoms with Gasteiger partial charge in [0.1, 0.15) is 0 Å². The molecule has 1 aromatic rings. The minimum atomic E-state index is 0.230. The summed E-state index contributed by atoms with van der Waals surface area (Å²) in [6.07, 6.45) is 3.34. The molecule has 3 rings (SSSR count). The van der Waals surface area contributed by atoms with E-state index in [-0.39, 0.29) is 12.5 Å². The van der Waals surface area contributed by atoms with Crippen LogP contribution in [0.25, 0.3) is 0 Å². The van der Waals surface area contributed by atoms with Crippen LogP contribution in [0.5, 0.6) is 0 Å². The molecule has 2 aliphatic rings. The average molecular weight is 403 g/mol. The second-order valence-corrected chi connectivity index (χ2v) is 8.90. The van der Waals surface area contributed by atoms with Gasteiger partial charge in [0.05, 0.1) is 6.42 Å². The number of hydrogen-bond donors (Lipinski definition) is 1. The van der Waals surface area contributed by atoms with Gasteiger partial charge in [-0.1, -0.05) is 12.1 Å². The van der Waals surface area contributed by atoms with Gasteiger partial charge >= 0.3 is 0 Å². The van der Waals surface area contributed by atoms with Crippen molar-refractivity contribution < 1.29 is 9.90 Å². The lowest BCUT2D eigenvalue weighted by atomic mass is 9.86. The number of benzene rings is 1. The highest BCUT2D eigenvalue weighted by Crippen LogP contribution is 2.27. The van der Waals surface area contributed by atoms with Gasteiger partial charge in [0.25, 0.3) is 0 Å². The van der Waals surface area contributed by atoms with Gasteiger partial charge in [-0.15, -0.1) is 0 Å². The van der Waals surface area contributed by atoms with Crippen LogP contribution >= 0.6 is 0 Å². The maximum Gasteiger partial charge on any atom is 0.227 e. The van der Waals surface area contributed by atoms with Crippen molar-refractivity contribution in [3.63, 3.8) is 0 Å². The van der Waals surface area contributed by atoms with Crippen molar-refractivity contribution in [2.24, 2.45) is 5.92 Å². The third-order valence-corrected chi connectivity index (χ3v) is 6.59. The lowest BCUT2D eigenvalue weighted by Crippen LogP contribution is -2.57. The molecule has 0 aliphatic carbocycles. The van der Waals surface area contributed by atoms with E-state index in [1.165, 1.54) is 0 Å². The van der Waals surface area contributed by atoms with Crippen LogP contribution in [0, 0.1) is 5.92 Å². The first-order valence-corrected chi connectivity index (χ1v) is 11.1. The van der Waals surface area contributed by atoms with Crippen LogP contribution in [0.1, 0.15) is 24.8 Å². The Kier molecular flexibility index (Phi) is 7.92. The van der Waals surface area contributed by atoms with E-state index in [4.69, 9.17) is 0 Å². The minimum Gasteiger partial charge on any atom is -0.396 e. The summed E-state index contributed by atoms with van der Waals surface area (Å²) in [4.78, 5) is 22.1. The number of likely N-dealkylation sites (tertiary alicyclic amines) is 1. The zero-order valence-corrected chi connectivity index (χ0v) is 18.4. The molecule has 0 saturated carbocycles. The SMILES string of the molecule is CN1CCN(C2CCN(C(=O)Cc3ccc(N(C)C)cc3)CC2CCCO)CC1. The van der Waals surface area contributed by atoms with Crippen LogP contribution in [0.2, 0.25) is 0 Å². The van der Waals surface area contributed by atoms with E-state index in [0.717, 1.165) is 69.8 Å². The molecular weight excluding hydrogens is 364 g/mol. The highest BCUT2D eigenvalue weighted by atomic mass is 16.3. The van der Waals surface area contributed by atoms with Crippen LogP contribution in [-0.4, -0.2) is 98.8 Å². The van der Waals surface area contributed by atoms with Crippen molar-refractivity contribution in [1.82, 2.24) is 14.7 Å². The first-order chi connectivity index (χ1) is 14.0. The second kappa shape index (κ2) is 10.4. The molecule has 29 heavy (non-hydrogen) atoms. The fraction of sp³-hybridized carbons (Fsp3) is 0.696. The number of rotatable bonds is 7. The molecule has 2 saturated heterocycles. The molecule has 162 valence electrons. The van der Waals surface area contributed by atoms with Crippen molar-refractivity contribution >= 4 is 11.6 Å². The normalized spacial score (nSPS) is 23.9. The van der Waals surface area contributed by atoms with Crippen LogP contribution < -0.4 is 4.90 Å². The highest BCUT2D eigenvalue weighted by Gasteiger charge is 2.35. The Bertz CT molecular complexity index is 641. The number of aliphatic hydroxyl groups is 1. The van der Waals surface area contributed by atoms with E-state index in [1.807, 2.05) is 14.1 Å². The zero-order chi connectivity index (χ0) is 20.8. The lowest BCUT2D eigenvalue weighted by Gasteiger charge is -2.46. The van der Waals surface area contributed by atoms with Gasteiger partial charge in [-0.05, 0) is 49.9 Å². The number of hydrogen-bond acceptors (Lipinski definition) is 5. The van der Waals surface area contributed by atoms with E-state index < -0.39 is 0 Å². The number of anilines is 1. The Balaban J connectivity index is 1.59. The number of carbonyl (C=O) groups is 1. The second-order valence-electron chi connectivity index (χ2n) is 8.90. The smallest absolute Gasteiger partial charge is 0.227 e. The van der Waals surface area contributed by atoms with Gasteiger partial charge in [-0.25, -0.2) is 0 Å². The summed E-state index contributed by atoms with van der Waals surface area (Å²) in [5, 5.41) is 9.36. The number of piperazine rings is 1. The first kappa shape index (κ1) is 22.1. The standard InChI is InChI=1S/C23H38N4O2/c1-24(2)21-8-6-19(7-9-21)17-23(29)27-11-10-22(20(18-27)5-4-16-28)26-14-12-25(3)13-15-26/h6-9,20,22,28H,4-5,10-18H2,1-3H3. The maximum absolute atomic E-state index is 13.0. The Morgan fingerprint density at radius 2 is 1.79 bits per heavy atom. The van der Waals surface area contributed by atoms with Crippen molar-refractivity contribution in [2.75, 3.05) is 71.9 Å². The van der Waals surface area contributed by atoms with E-state index in [1.54, 1.807) is 0 Å². The van der Waals surface area contributed by atoms with Crippen LogP contribution in [0.3, 0.4) is 0 Å². The van der Waals surface area contributed by atoms with Crippen LogP contribution in [-0.2, 0) is 11.2 Å². The molecule has 6 heteroatoms. The van der Waals surface area contributed by atoms with Crippen molar-refractivity contribution in [2.45, 2.75) is 31.7 Å². The van der Waals surface area contributed by atoms with Crippen molar-refractivity contribution in [3.05, 3.63) is 29.8 Å². The monoisotopic (exact) mass is 402 g/mol. The van der Waals surface area contributed by atoms with Gasteiger partial charge in [0, 0.05) is 71.7 Å². The molecule has 0 bridgehead atoms. The van der Waals surface area contributed by atoms with E-state index in [0.29, 0.717) is 18.4 Å². The van der Waals surface area contributed by atoms with Gasteiger partial charge in [-0.3, -0.25) is 9.69 Å². The number of piperidine rings is 1. The number of likely N-dealkylation sites (N-methyl/N-ethyl adjacent to an activating group) is 1. The largest absolute Gasteiger partial charge is 0.396 e. The molecule has 2 fully saturated rings. The van der Waals surface area contributed by atoms with Crippen LogP contribution in [0.4, 0.5) is 5.69 Å². The third kappa shape index (κ3) is 5.93. The van der Waals surface area contributed by atoms with E-state index in [2.05, 4.69) is 50.9 Å². The van der Waals surface area contributed by atoms with Gasteiger partial charge in [-0.2, -0.15) is 0 Å². The van der Waals surface area contributed by atoms with Gasteiger partial charge < -0.3 is 19.8 Å². The average Bonchev–Trinajstić information content (AvgIpc) is 2.73. The zero-order valence-electron chi connectivity index (χ0n) is 18.4. The fourth-order valence-electron chi connectivity index (χ4n) is 4.72. The Morgan fingerprint density at radius 3 is 2.41 bits per heavy atom. The minimum absolute atomic E-state index is 0.230. The maximum atomic E-state index is 13.0. The van der Waals surface area contributed by atoms with Gasteiger partial charge in [0.15, 0.2) is 0 Å². The summed E-state index contributed by atoms with van der Waals surface area (Å²) in [5.41, 5.74) is 2.23. The Hall–Kier alpha value is -1.63. The summed E-state index contributed by atoms with van der Waals surface area (Å²) in [7, 11) is 6.24. The quantitative estimate of drug-likeness (QED) is 0.750. The molecular formula is C23H38N4O2. The molecule has 2 unspecified atom stereocenters. The molecule has 1 amide bonds. The highest BCUT2D eigenvalue weighted by molar-refractivity contribution is 5.79. The van der Waals surface area contributed by atoms with Crippen molar-refractivity contribution in [1.29, 1.82) is 0 Å². The topological polar surface area (TPSA) is 50.3 Å². The van der Waals surface area contributed by atoms with Crippen LogP contribution in [0.15, 0.2) is 24.3 Å². The Labute approximate surface area is 176 Å². The first-order valence-electron chi connectivity index (χ1n) is 11.1. The molecule has 2 aliphatic heterocycles. The number of amides is 1. The summed E-state index contributed by atoms with van der Waals surface area (Å²) in [5.74, 6) is 0.688. The molecule has 1 aromatic carbocycles. The van der Waals surface area contributed by atoms with E-state index in [9.17, 15) is 9.90 Å². The predicted octanol–water partition coefficient (Wildman–Crippen LogP) is 1.53. The van der Waals surface area contributed by atoms with Crippen molar-refractivity contribution in [3.8, 4) is 0 Å². The molecule has 6 nitrogen and oxygen atoms in total. The molecule has 2 atom stereocenters. The molecule has 1 N–H and O–H groups in total. The number of carbonyl (C=O) groups excluding carboxylic acids is 1. The lowest BCUT2D eigenvalue weighted by molar-refractivity contribution is -0.133. The fourth-order valence-corrected chi connectivity index (χ4v) is 4.72. The molecule has 0 spiro atoms. The number of nitrogens with zero attached hydrogens (tertiary/aromatic N) is 4. The Morgan fingerprint density at radius 1 is 1.10 bits per heavy atom. The summed E-state index contributed by atoms with van der Waals surface area (Å²) in [6, 6.07) is 8.82. The summed E-state index contributed by atoms with van der Waals surface area (Å²) < 4.78 is 0. The summed E-state index contributed by atoms with van der Waals surface area (Å²) in [6.45, 7) is 6.38. The molecule has 0 aromatic heterocycles. The molecule has 0 radical (unpaired) electrons. The predicted molar refractivity (Wildman–Crippen MR) is 118 cm³/mol. The third-order valence-electron chi connectivity index (χ3n) is 6.59. The number of aliphatic hydroxyl groups excluding tert-OH is 1. The molecule has 2 heterocycles. The summed E-state index contributed by atoms with van der Waals surface area (Å²) >= 11 is 0. The van der Waals surface area contributed by atoms with Gasteiger partial charge in [0.2, 0.25) is 5.91 Å². The van der Waals surface area contributed by atoms with E-state index >= 15 is 0 Å².